The second-order valence-electron chi connectivity index (χ2n) is 5.53. The molecule has 2 heterocycles. The molecule has 0 radical (unpaired) electrons. The number of benzene rings is 1. The fourth-order valence-corrected chi connectivity index (χ4v) is 3.82. The normalized spacial score (nSPS) is 18.3. The van der Waals surface area contributed by atoms with E-state index in [2.05, 4.69) is 22.8 Å². The lowest BCUT2D eigenvalue weighted by atomic mass is 10.0. The summed E-state index contributed by atoms with van der Waals surface area (Å²) in [5.41, 5.74) is 1.22. The summed E-state index contributed by atoms with van der Waals surface area (Å²) >= 11 is 1.85. The Bertz CT molecular complexity index is 627. The van der Waals surface area contributed by atoms with Gasteiger partial charge in [-0.25, -0.2) is 4.79 Å². The van der Waals surface area contributed by atoms with Gasteiger partial charge in [0.25, 0.3) is 0 Å². The quantitative estimate of drug-likeness (QED) is 0.903. The molecule has 0 saturated heterocycles. The second-order valence-corrected chi connectivity index (χ2v) is 6.67. The lowest BCUT2D eigenvalue weighted by Gasteiger charge is -2.26. The maximum absolute atomic E-state index is 12.2. The van der Waals surface area contributed by atoms with E-state index in [1.807, 2.05) is 43.0 Å². The SMILES string of the molecule is C[C@@H](Cc1ccco1)NC(=O)N[C@@H]1CCSc2ccccc21. The number of hydrogen-bond acceptors (Lipinski definition) is 3. The van der Waals surface area contributed by atoms with Gasteiger partial charge in [-0.15, -0.1) is 11.8 Å². The van der Waals surface area contributed by atoms with Crippen molar-refractivity contribution in [2.24, 2.45) is 0 Å². The number of thioether (sulfide) groups is 1. The molecule has 0 aliphatic carbocycles. The summed E-state index contributed by atoms with van der Waals surface area (Å²) in [4.78, 5) is 13.5. The highest BCUT2D eigenvalue weighted by Crippen LogP contribution is 2.35. The van der Waals surface area contributed by atoms with Gasteiger partial charge < -0.3 is 15.1 Å². The van der Waals surface area contributed by atoms with Crippen LogP contribution >= 0.6 is 11.8 Å². The maximum atomic E-state index is 12.2. The van der Waals surface area contributed by atoms with Gasteiger partial charge in [0, 0.05) is 23.1 Å². The number of rotatable bonds is 4. The number of amides is 2. The van der Waals surface area contributed by atoms with Crippen LogP contribution in [0.15, 0.2) is 52.0 Å². The minimum absolute atomic E-state index is 0.0272. The van der Waals surface area contributed by atoms with E-state index in [0.717, 1.165) is 17.9 Å². The maximum Gasteiger partial charge on any atom is 0.315 e. The van der Waals surface area contributed by atoms with Crippen LogP contribution in [0.4, 0.5) is 4.79 Å². The zero-order chi connectivity index (χ0) is 15.4. The van der Waals surface area contributed by atoms with E-state index < -0.39 is 0 Å². The molecule has 116 valence electrons. The molecular weight excluding hydrogens is 296 g/mol. The fraction of sp³-hybridized carbons (Fsp3) is 0.353. The largest absolute Gasteiger partial charge is 0.469 e. The summed E-state index contributed by atoms with van der Waals surface area (Å²) in [6.07, 6.45) is 3.30. The summed E-state index contributed by atoms with van der Waals surface area (Å²) < 4.78 is 5.31. The fourth-order valence-electron chi connectivity index (χ4n) is 2.70. The summed E-state index contributed by atoms with van der Waals surface area (Å²) in [7, 11) is 0. The van der Waals surface area contributed by atoms with E-state index in [4.69, 9.17) is 4.42 Å². The molecule has 2 N–H and O–H groups in total. The Hall–Kier alpha value is -1.88. The molecule has 4 nitrogen and oxygen atoms in total. The first kappa shape index (κ1) is 15.0. The monoisotopic (exact) mass is 316 g/mol. The molecule has 2 atom stereocenters. The standard InChI is InChI=1S/C17H20N2O2S/c1-12(11-13-5-4-9-21-13)18-17(20)19-15-8-10-22-16-7-3-2-6-14(15)16/h2-7,9,12,15H,8,10-11H2,1H3,(H2,18,19,20)/t12-,15+/m0/s1. The minimum Gasteiger partial charge on any atom is -0.469 e. The van der Waals surface area contributed by atoms with Crippen LogP contribution in [0.3, 0.4) is 0 Å². The third kappa shape index (κ3) is 3.65. The van der Waals surface area contributed by atoms with Gasteiger partial charge >= 0.3 is 6.03 Å². The number of hydrogen-bond donors (Lipinski definition) is 2. The molecule has 2 aromatic rings. The van der Waals surface area contributed by atoms with Crippen LogP contribution in [0.5, 0.6) is 0 Å². The number of urea groups is 1. The Morgan fingerprint density at radius 3 is 3.05 bits per heavy atom. The Kier molecular flexibility index (Phi) is 4.73. The van der Waals surface area contributed by atoms with Crippen molar-refractivity contribution in [3.63, 3.8) is 0 Å². The highest BCUT2D eigenvalue weighted by atomic mass is 32.2. The van der Waals surface area contributed by atoms with Crippen LogP contribution in [0.25, 0.3) is 0 Å². The van der Waals surface area contributed by atoms with Crippen molar-refractivity contribution in [2.75, 3.05) is 5.75 Å². The number of carbonyl (C=O) groups excluding carboxylic acids is 1. The van der Waals surface area contributed by atoms with E-state index in [-0.39, 0.29) is 18.1 Å². The summed E-state index contributed by atoms with van der Waals surface area (Å²) in [5, 5.41) is 6.07. The smallest absolute Gasteiger partial charge is 0.315 e. The van der Waals surface area contributed by atoms with Gasteiger partial charge in [-0.2, -0.15) is 0 Å². The molecule has 1 aromatic carbocycles. The van der Waals surface area contributed by atoms with E-state index in [1.165, 1.54) is 10.5 Å². The Morgan fingerprint density at radius 1 is 1.36 bits per heavy atom. The van der Waals surface area contributed by atoms with Crippen molar-refractivity contribution in [3.8, 4) is 0 Å². The minimum atomic E-state index is -0.120. The van der Waals surface area contributed by atoms with Crippen molar-refractivity contribution >= 4 is 17.8 Å². The molecule has 22 heavy (non-hydrogen) atoms. The molecule has 1 aliphatic heterocycles. The van der Waals surface area contributed by atoms with Crippen LogP contribution < -0.4 is 10.6 Å². The molecule has 5 heteroatoms. The molecule has 0 fully saturated rings. The first-order valence-corrected chi connectivity index (χ1v) is 8.52. The lowest BCUT2D eigenvalue weighted by molar-refractivity contribution is 0.233. The van der Waals surface area contributed by atoms with Crippen LogP contribution in [0.1, 0.15) is 30.7 Å². The van der Waals surface area contributed by atoms with Crippen molar-refractivity contribution in [1.29, 1.82) is 0 Å². The van der Waals surface area contributed by atoms with Crippen molar-refractivity contribution in [2.45, 2.75) is 36.7 Å². The van der Waals surface area contributed by atoms with Crippen LogP contribution in [-0.2, 0) is 6.42 Å². The molecule has 0 spiro atoms. The van der Waals surface area contributed by atoms with E-state index in [9.17, 15) is 4.79 Å². The summed E-state index contributed by atoms with van der Waals surface area (Å²) in [6.45, 7) is 1.98. The lowest BCUT2D eigenvalue weighted by Crippen LogP contribution is -2.43. The van der Waals surface area contributed by atoms with Gasteiger partial charge in [0.1, 0.15) is 5.76 Å². The molecular formula is C17H20N2O2S. The van der Waals surface area contributed by atoms with Gasteiger partial charge in [0.05, 0.1) is 12.3 Å². The highest BCUT2D eigenvalue weighted by Gasteiger charge is 2.22. The van der Waals surface area contributed by atoms with Gasteiger partial charge in [0.15, 0.2) is 0 Å². The molecule has 0 saturated carbocycles. The third-order valence-electron chi connectivity index (χ3n) is 3.73. The number of carbonyl (C=O) groups is 1. The van der Waals surface area contributed by atoms with E-state index in [0.29, 0.717) is 6.42 Å². The highest BCUT2D eigenvalue weighted by molar-refractivity contribution is 7.99. The number of furan rings is 1. The third-order valence-corrected chi connectivity index (χ3v) is 4.85. The van der Waals surface area contributed by atoms with Crippen LogP contribution in [0, 0.1) is 0 Å². The zero-order valence-electron chi connectivity index (χ0n) is 12.5. The molecule has 1 aromatic heterocycles. The topological polar surface area (TPSA) is 54.3 Å². The van der Waals surface area contributed by atoms with Crippen molar-refractivity contribution in [3.05, 3.63) is 54.0 Å². The predicted molar refractivity (Wildman–Crippen MR) is 88.1 cm³/mol. The Labute approximate surface area is 134 Å². The Balaban J connectivity index is 1.56. The zero-order valence-corrected chi connectivity index (χ0v) is 13.4. The molecule has 3 rings (SSSR count). The first-order chi connectivity index (χ1) is 10.7. The number of fused-ring (bicyclic) bond motifs is 1. The van der Waals surface area contributed by atoms with Crippen molar-refractivity contribution in [1.82, 2.24) is 10.6 Å². The van der Waals surface area contributed by atoms with E-state index in [1.54, 1.807) is 6.26 Å². The van der Waals surface area contributed by atoms with Gasteiger partial charge in [-0.1, -0.05) is 18.2 Å². The Morgan fingerprint density at radius 2 is 2.23 bits per heavy atom. The predicted octanol–water partition coefficient (Wildman–Crippen LogP) is 3.75. The van der Waals surface area contributed by atoms with Gasteiger partial charge in [0.2, 0.25) is 0 Å². The number of nitrogens with one attached hydrogen (secondary N) is 2. The first-order valence-electron chi connectivity index (χ1n) is 7.53. The summed E-state index contributed by atoms with van der Waals surface area (Å²) in [6, 6.07) is 12.1. The average Bonchev–Trinajstić information content (AvgIpc) is 3.00. The molecule has 1 aliphatic rings. The average molecular weight is 316 g/mol. The second kappa shape index (κ2) is 6.92. The summed E-state index contributed by atoms with van der Waals surface area (Å²) in [5.74, 6) is 1.91. The molecule has 0 unspecified atom stereocenters. The molecule has 0 bridgehead atoms. The van der Waals surface area contributed by atoms with Gasteiger partial charge in [-0.05, 0) is 37.1 Å². The van der Waals surface area contributed by atoms with E-state index >= 15 is 0 Å². The van der Waals surface area contributed by atoms with Crippen LogP contribution in [0.2, 0.25) is 0 Å². The van der Waals surface area contributed by atoms with Gasteiger partial charge in [-0.3, -0.25) is 0 Å². The molecule has 2 amide bonds. The van der Waals surface area contributed by atoms with Crippen LogP contribution in [-0.4, -0.2) is 17.8 Å². The van der Waals surface area contributed by atoms with Crippen molar-refractivity contribution < 1.29 is 9.21 Å².